The fraction of sp³-hybridized carbons (Fsp3) is 0.429. The van der Waals surface area contributed by atoms with Gasteiger partial charge in [0.2, 0.25) is 0 Å². The largest absolute Gasteiger partial charge is 0.345 e. The molecule has 0 aliphatic carbocycles. The molecule has 0 unspecified atom stereocenters. The molecule has 0 N–H and O–H groups in total. The zero-order valence-electron chi connectivity index (χ0n) is 14.6. The SMILES string of the molecule is CCC12CCC(c3ccc(-c4cc(F)c(C)c(F)c4)cc3)(OC1)OC2. The van der Waals surface area contributed by atoms with Gasteiger partial charge >= 0.3 is 0 Å². The number of fused-ring (bicyclic) bond motifs is 3. The second-order valence-corrected chi connectivity index (χ2v) is 7.33. The highest BCUT2D eigenvalue weighted by Gasteiger charge is 2.51. The van der Waals surface area contributed by atoms with E-state index in [0.29, 0.717) is 5.56 Å². The van der Waals surface area contributed by atoms with E-state index in [0.717, 1.165) is 43.6 Å². The van der Waals surface area contributed by atoms with Crippen LogP contribution >= 0.6 is 0 Å². The van der Waals surface area contributed by atoms with Crippen molar-refractivity contribution in [2.45, 2.75) is 38.9 Å². The first-order valence-corrected chi connectivity index (χ1v) is 8.81. The minimum absolute atomic E-state index is 0.0462. The molecule has 0 radical (unpaired) electrons. The molecule has 132 valence electrons. The van der Waals surface area contributed by atoms with Crippen LogP contribution in [0.2, 0.25) is 0 Å². The Bertz CT molecular complexity index is 751. The highest BCUT2D eigenvalue weighted by Crippen LogP contribution is 2.50. The topological polar surface area (TPSA) is 18.5 Å². The Kier molecular flexibility index (Phi) is 3.93. The Balaban J connectivity index is 1.61. The minimum atomic E-state index is -0.667. The van der Waals surface area contributed by atoms with Crippen molar-refractivity contribution in [2.75, 3.05) is 13.2 Å². The van der Waals surface area contributed by atoms with Crippen LogP contribution < -0.4 is 0 Å². The first-order valence-electron chi connectivity index (χ1n) is 8.81. The van der Waals surface area contributed by atoms with Crippen molar-refractivity contribution >= 4 is 0 Å². The van der Waals surface area contributed by atoms with Gasteiger partial charge in [-0.15, -0.1) is 0 Å². The second-order valence-electron chi connectivity index (χ2n) is 7.33. The summed E-state index contributed by atoms with van der Waals surface area (Å²) in [5.74, 6) is -1.72. The maximum Gasteiger partial charge on any atom is 0.194 e. The summed E-state index contributed by atoms with van der Waals surface area (Å²) in [4.78, 5) is 0. The van der Waals surface area contributed by atoms with Crippen molar-refractivity contribution in [1.82, 2.24) is 0 Å². The summed E-state index contributed by atoms with van der Waals surface area (Å²) in [6.45, 7) is 5.06. The molecule has 4 heteroatoms. The highest BCUT2D eigenvalue weighted by atomic mass is 19.1. The first kappa shape index (κ1) is 16.7. The van der Waals surface area contributed by atoms with E-state index in [4.69, 9.17) is 9.47 Å². The normalized spacial score (nSPS) is 28.3. The van der Waals surface area contributed by atoms with Gasteiger partial charge in [0.25, 0.3) is 0 Å². The molecule has 2 bridgehead atoms. The summed E-state index contributed by atoms with van der Waals surface area (Å²) in [6, 6.07) is 10.4. The molecule has 0 aromatic heterocycles. The van der Waals surface area contributed by atoms with E-state index in [1.807, 2.05) is 24.3 Å². The molecule has 3 aliphatic rings. The van der Waals surface area contributed by atoms with Crippen LogP contribution in [0.25, 0.3) is 11.1 Å². The van der Waals surface area contributed by atoms with Gasteiger partial charge in [0.05, 0.1) is 13.2 Å². The van der Waals surface area contributed by atoms with Gasteiger partial charge in [-0.2, -0.15) is 0 Å². The molecule has 5 rings (SSSR count). The smallest absolute Gasteiger partial charge is 0.194 e. The van der Waals surface area contributed by atoms with Crippen molar-refractivity contribution in [3.8, 4) is 11.1 Å². The highest BCUT2D eigenvalue weighted by molar-refractivity contribution is 5.64. The summed E-state index contributed by atoms with van der Waals surface area (Å²) in [7, 11) is 0. The Morgan fingerprint density at radius 2 is 1.52 bits per heavy atom. The average molecular weight is 344 g/mol. The number of benzene rings is 2. The molecule has 2 aromatic carbocycles. The maximum absolute atomic E-state index is 13.8. The van der Waals surface area contributed by atoms with Crippen molar-refractivity contribution in [1.29, 1.82) is 0 Å². The second kappa shape index (κ2) is 5.89. The molecular weight excluding hydrogens is 322 g/mol. The lowest BCUT2D eigenvalue weighted by molar-refractivity contribution is -0.350. The molecular formula is C21H22F2O2. The molecule has 0 atom stereocenters. The number of ether oxygens (including phenoxy) is 2. The summed E-state index contributed by atoms with van der Waals surface area (Å²) >= 11 is 0. The zero-order valence-corrected chi connectivity index (χ0v) is 14.6. The van der Waals surface area contributed by atoms with Gasteiger partial charge in [-0.25, -0.2) is 8.78 Å². The molecule has 2 nitrogen and oxygen atoms in total. The molecule has 3 heterocycles. The predicted octanol–water partition coefficient (Wildman–Crippen LogP) is 5.33. The Labute approximate surface area is 146 Å². The van der Waals surface area contributed by atoms with Crippen molar-refractivity contribution in [2.24, 2.45) is 5.41 Å². The van der Waals surface area contributed by atoms with Gasteiger partial charge in [0.15, 0.2) is 5.79 Å². The Morgan fingerprint density at radius 1 is 0.920 bits per heavy atom. The van der Waals surface area contributed by atoms with Crippen LogP contribution in [0.1, 0.15) is 37.3 Å². The molecule has 0 spiro atoms. The van der Waals surface area contributed by atoms with Crippen molar-refractivity contribution in [3.05, 3.63) is 59.2 Å². The summed E-state index contributed by atoms with van der Waals surface area (Å²) < 4.78 is 39.8. The monoisotopic (exact) mass is 344 g/mol. The third-order valence-electron chi connectivity index (χ3n) is 5.90. The van der Waals surface area contributed by atoms with Gasteiger partial charge in [0.1, 0.15) is 11.6 Å². The van der Waals surface area contributed by atoms with Gasteiger partial charge in [-0.05, 0) is 43.0 Å². The number of halogens is 2. The fourth-order valence-corrected chi connectivity index (χ4v) is 3.76. The van der Waals surface area contributed by atoms with Crippen LogP contribution in [-0.4, -0.2) is 13.2 Å². The molecule has 3 aliphatic heterocycles. The Morgan fingerprint density at radius 3 is 2.00 bits per heavy atom. The maximum atomic E-state index is 13.8. The minimum Gasteiger partial charge on any atom is -0.345 e. The lowest BCUT2D eigenvalue weighted by Gasteiger charge is -2.52. The molecule has 25 heavy (non-hydrogen) atoms. The van der Waals surface area contributed by atoms with Crippen LogP contribution in [0, 0.1) is 24.0 Å². The van der Waals surface area contributed by atoms with Crippen LogP contribution in [-0.2, 0) is 15.3 Å². The van der Waals surface area contributed by atoms with Crippen LogP contribution in [0.3, 0.4) is 0 Å². The standard InChI is InChI=1S/C21H22F2O2/c1-3-20-8-9-21(24-12-20,25-13-20)17-6-4-15(5-7-17)16-10-18(22)14(2)19(23)11-16/h4-7,10-11H,3,8-9,12-13H2,1-2H3. The third kappa shape index (κ3) is 2.68. The van der Waals surface area contributed by atoms with Crippen LogP contribution in [0.15, 0.2) is 36.4 Å². The zero-order chi connectivity index (χ0) is 17.7. The summed E-state index contributed by atoms with van der Waals surface area (Å²) in [5.41, 5.74) is 2.48. The summed E-state index contributed by atoms with van der Waals surface area (Å²) in [5, 5.41) is 0. The van der Waals surface area contributed by atoms with Gasteiger partial charge in [0, 0.05) is 23.0 Å². The molecule has 3 saturated heterocycles. The molecule has 3 fully saturated rings. The van der Waals surface area contributed by atoms with E-state index < -0.39 is 17.4 Å². The lowest BCUT2D eigenvalue weighted by atomic mass is 9.75. The van der Waals surface area contributed by atoms with E-state index in [9.17, 15) is 8.78 Å². The van der Waals surface area contributed by atoms with E-state index in [1.165, 1.54) is 19.1 Å². The molecule has 0 saturated carbocycles. The van der Waals surface area contributed by atoms with E-state index in [-0.39, 0.29) is 11.0 Å². The first-order chi connectivity index (χ1) is 12.0. The average Bonchev–Trinajstić information content (AvgIpc) is 2.67. The third-order valence-corrected chi connectivity index (χ3v) is 5.90. The van der Waals surface area contributed by atoms with Crippen LogP contribution in [0.5, 0.6) is 0 Å². The van der Waals surface area contributed by atoms with Crippen molar-refractivity contribution < 1.29 is 18.3 Å². The summed E-state index contributed by atoms with van der Waals surface area (Å²) in [6.07, 6.45) is 3.00. The lowest BCUT2D eigenvalue weighted by Crippen LogP contribution is -2.53. The van der Waals surface area contributed by atoms with Crippen LogP contribution in [0.4, 0.5) is 8.78 Å². The predicted molar refractivity (Wildman–Crippen MR) is 92.1 cm³/mol. The quantitative estimate of drug-likeness (QED) is 0.749. The van der Waals surface area contributed by atoms with E-state index in [1.54, 1.807) is 0 Å². The molecule has 2 aromatic rings. The number of rotatable bonds is 3. The van der Waals surface area contributed by atoms with Gasteiger partial charge < -0.3 is 9.47 Å². The van der Waals surface area contributed by atoms with Gasteiger partial charge in [-0.3, -0.25) is 0 Å². The number of hydrogen-bond acceptors (Lipinski definition) is 2. The van der Waals surface area contributed by atoms with Gasteiger partial charge in [-0.1, -0.05) is 31.2 Å². The Hall–Kier alpha value is -1.78. The molecule has 0 amide bonds. The van der Waals surface area contributed by atoms with Crippen molar-refractivity contribution in [3.63, 3.8) is 0 Å². The number of hydrogen-bond donors (Lipinski definition) is 0. The van der Waals surface area contributed by atoms with E-state index >= 15 is 0 Å². The van der Waals surface area contributed by atoms with E-state index in [2.05, 4.69) is 6.92 Å². The fourth-order valence-electron chi connectivity index (χ4n) is 3.76.